The zero-order valence-electron chi connectivity index (χ0n) is 8.54. The van der Waals surface area contributed by atoms with E-state index in [0.29, 0.717) is 22.0 Å². The minimum atomic E-state index is 0.354. The van der Waals surface area contributed by atoms with Crippen molar-refractivity contribution in [2.75, 3.05) is 0 Å². The van der Waals surface area contributed by atoms with E-state index in [1.165, 1.54) is 6.33 Å². The number of nitrogens with one attached hydrogen (secondary N) is 1. The van der Waals surface area contributed by atoms with Crippen LogP contribution in [0.4, 0.5) is 0 Å². The summed E-state index contributed by atoms with van der Waals surface area (Å²) >= 11 is 12.1. The highest BCUT2D eigenvalue weighted by atomic mass is 35.5. The highest BCUT2D eigenvalue weighted by Crippen LogP contribution is 2.25. The molecule has 0 aliphatic carbocycles. The molecule has 0 saturated carbocycles. The Morgan fingerprint density at radius 1 is 1.25 bits per heavy atom. The number of aromatic nitrogens is 5. The molecule has 2 heterocycles. The van der Waals surface area contributed by atoms with Gasteiger partial charge in [-0.15, -0.1) is 0 Å². The lowest BCUT2D eigenvalue weighted by Crippen LogP contribution is -1.98. The van der Waals surface area contributed by atoms with Gasteiger partial charge in [-0.2, -0.15) is 5.10 Å². The monoisotopic (exact) mass is 257 g/mol. The number of halogens is 2. The topological polar surface area (TPSA) is 67.3 Å². The van der Waals surface area contributed by atoms with E-state index in [9.17, 15) is 0 Å². The molecule has 0 saturated heterocycles. The summed E-state index contributed by atoms with van der Waals surface area (Å²) in [5.74, 6) is 0.805. The normalized spacial score (nSPS) is 10.7. The second kappa shape index (κ2) is 4.76. The van der Waals surface area contributed by atoms with Gasteiger partial charge in [0.1, 0.15) is 16.6 Å². The number of H-pyrrole nitrogens is 1. The smallest absolute Gasteiger partial charge is 0.200 e. The van der Waals surface area contributed by atoms with E-state index >= 15 is 0 Å². The summed E-state index contributed by atoms with van der Waals surface area (Å²) in [6.07, 6.45) is 3.07. The number of hydrogen-bond acceptors (Lipinski definition) is 4. The molecule has 1 N–H and O–H groups in total. The van der Waals surface area contributed by atoms with Gasteiger partial charge in [0.25, 0.3) is 0 Å². The molecule has 0 fully saturated rings. The van der Waals surface area contributed by atoms with E-state index in [4.69, 9.17) is 23.2 Å². The lowest BCUT2D eigenvalue weighted by molar-refractivity contribution is 0.900. The first-order valence-electron chi connectivity index (χ1n) is 4.80. The molecule has 0 aromatic carbocycles. The molecule has 7 heteroatoms. The van der Waals surface area contributed by atoms with Crippen molar-refractivity contribution in [3.63, 3.8) is 0 Å². The molecule has 2 aromatic heterocycles. The highest BCUT2D eigenvalue weighted by molar-refractivity contribution is 6.34. The molecule has 0 bridgehead atoms. The molecule has 0 aliphatic heterocycles. The standard InChI is InChI=1S/C9H9Cl2N5/c1-2-3-5-6(10)14-9(15-7(5)11)8-12-4-13-16-8/h4H,2-3H2,1H3,(H,12,13,16). The Kier molecular flexibility index (Phi) is 3.36. The van der Waals surface area contributed by atoms with E-state index in [1.54, 1.807) is 0 Å². The maximum atomic E-state index is 6.03. The van der Waals surface area contributed by atoms with Gasteiger partial charge in [0.15, 0.2) is 11.6 Å². The second-order valence-electron chi connectivity index (χ2n) is 3.19. The van der Waals surface area contributed by atoms with Crippen LogP contribution < -0.4 is 0 Å². The van der Waals surface area contributed by atoms with Crippen molar-refractivity contribution in [3.8, 4) is 11.6 Å². The van der Waals surface area contributed by atoms with Gasteiger partial charge in [-0.05, 0) is 6.42 Å². The first-order chi connectivity index (χ1) is 7.72. The Labute approximate surface area is 102 Å². The quantitative estimate of drug-likeness (QED) is 0.859. The predicted molar refractivity (Wildman–Crippen MR) is 61.4 cm³/mol. The summed E-state index contributed by atoms with van der Waals surface area (Å²) in [5, 5.41) is 7.11. The van der Waals surface area contributed by atoms with Crippen molar-refractivity contribution in [1.82, 2.24) is 25.1 Å². The van der Waals surface area contributed by atoms with Crippen molar-refractivity contribution in [1.29, 1.82) is 0 Å². The summed E-state index contributed by atoms with van der Waals surface area (Å²) in [4.78, 5) is 12.2. The van der Waals surface area contributed by atoms with Crippen LogP contribution >= 0.6 is 23.2 Å². The molecule has 0 atom stereocenters. The first kappa shape index (κ1) is 11.3. The van der Waals surface area contributed by atoms with Crippen molar-refractivity contribution < 1.29 is 0 Å². The van der Waals surface area contributed by atoms with Gasteiger partial charge < -0.3 is 0 Å². The summed E-state index contributed by atoms with van der Waals surface area (Å²) in [7, 11) is 0. The average molecular weight is 258 g/mol. The van der Waals surface area contributed by atoms with Crippen LogP contribution in [0.1, 0.15) is 18.9 Å². The fourth-order valence-corrected chi connectivity index (χ4v) is 1.88. The Morgan fingerprint density at radius 3 is 2.44 bits per heavy atom. The fraction of sp³-hybridized carbons (Fsp3) is 0.333. The molecule has 2 aromatic rings. The zero-order valence-corrected chi connectivity index (χ0v) is 10.0. The van der Waals surface area contributed by atoms with Crippen LogP contribution in [0, 0.1) is 0 Å². The van der Waals surface area contributed by atoms with E-state index in [-0.39, 0.29) is 0 Å². The van der Waals surface area contributed by atoms with Gasteiger partial charge in [0.2, 0.25) is 0 Å². The van der Waals surface area contributed by atoms with Crippen LogP contribution in [0.5, 0.6) is 0 Å². The van der Waals surface area contributed by atoms with Crippen molar-refractivity contribution >= 4 is 23.2 Å². The van der Waals surface area contributed by atoms with Crippen LogP contribution in [0.2, 0.25) is 10.3 Å². The van der Waals surface area contributed by atoms with Crippen LogP contribution in [0.25, 0.3) is 11.6 Å². The Morgan fingerprint density at radius 2 is 1.94 bits per heavy atom. The largest absolute Gasteiger partial charge is 0.257 e. The average Bonchev–Trinajstić information content (AvgIpc) is 2.76. The Bertz CT molecular complexity index is 460. The molecular formula is C9H9Cl2N5. The lowest BCUT2D eigenvalue weighted by Gasteiger charge is -2.05. The first-order valence-corrected chi connectivity index (χ1v) is 5.55. The van der Waals surface area contributed by atoms with Gasteiger partial charge in [0, 0.05) is 5.56 Å². The van der Waals surface area contributed by atoms with Crippen molar-refractivity contribution in [2.45, 2.75) is 19.8 Å². The maximum Gasteiger partial charge on any atom is 0.200 e. The summed E-state index contributed by atoms with van der Waals surface area (Å²) in [6, 6.07) is 0. The molecule has 0 aliphatic rings. The van der Waals surface area contributed by atoms with Gasteiger partial charge in [0.05, 0.1) is 0 Å². The Balaban J connectivity index is 2.45. The Hall–Kier alpha value is -1.20. The van der Waals surface area contributed by atoms with E-state index < -0.39 is 0 Å². The number of nitrogens with zero attached hydrogens (tertiary/aromatic N) is 4. The number of hydrogen-bond donors (Lipinski definition) is 1. The van der Waals surface area contributed by atoms with E-state index in [1.807, 2.05) is 6.92 Å². The molecule has 16 heavy (non-hydrogen) atoms. The van der Waals surface area contributed by atoms with Crippen LogP contribution in [-0.4, -0.2) is 25.1 Å². The lowest BCUT2D eigenvalue weighted by atomic mass is 10.2. The minimum absolute atomic E-state index is 0.354. The highest BCUT2D eigenvalue weighted by Gasteiger charge is 2.13. The van der Waals surface area contributed by atoms with E-state index in [2.05, 4.69) is 25.1 Å². The summed E-state index contributed by atoms with van der Waals surface area (Å²) in [5.41, 5.74) is 0.772. The molecule has 84 valence electrons. The molecule has 0 amide bonds. The minimum Gasteiger partial charge on any atom is -0.257 e. The van der Waals surface area contributed by atoms with Gasteiger partial charge in [-0.1, -0.05) is 36.5 Å². The third kappa shape index (κ3) is 2.15. The van der Waals surface area contributed by atoms with Gasteiger partial charge in [-0.25, -0.2) is 15.0 Å². The van der Waals surface area contributed by atoms with Crippen LogP contribution in [0.15, 0.2) is 6.33 Å². The van der Waals surface area contributed by atoms with Crippen LogP contribution in [-0.2, 0) is 6.42 Å². The van der Waals surface area contributed by atoms with Crippen molar-refractivity contribution in [3.05, 3.63) is 22.2 Å². The predicted octanol–water partition coefficient (Wildman–Crippen LogP) is 2.52. The van der Waals surface area contributed by atoms with E-state index in [0.717, 1.165) is 18.4 Å². The van der Waals surface area contributed by atoms with Crippen molar-refractivity contribution in [2.24, 2.45) is 0 Å². The third-order valence-electron chi connectivity index (χ3n) is 2.03. The number of rotatable bonds is 3. The maximum absolute atomic E-state index is 6.03. The van der Waals surface area contributed by atoms with Gasteiger partial charge >= 0.3 is 0 Å². The molecular weight excluding hydrogens is 249 g/mol. The van der Waals surface area contributed by atoms with Crippen LogP contribution in [0.3, 0.4) is 0 Å². The third-order valence-corrected chi connectivity index (χ3v) is 2.66. The van der Waals surface area contributed by atoms with Gasteiger partial charge in [-0.3, -0.25) is 5.10 Å². The summed E-state index contributed by atoms with van der Waals surface area (Å²) < 4.78 is 0. The zero-order chi connectivity index (χ0) is 11.5. The second-order valence-corrected chi connectivity index (χ2v) is 3.91. The molecule has 0 spiro atoms. The SMILES string of the molecule is CCCc1c(Cl)nc(-c2ncn[nH]2)nc1Cl. The molecule has 0 radical (unpaired) electrons. The molecule has 0 unspecified atom stereocenters. The molecule has 2 rings (SSSR count). The summed E-state index contributed by atoms with van der Waals surface area (Å²) in [6.45, 7) is 2.04. The fourth-order valence-electron chi connectivity index (χ4n) is 1.31. The number of aromatic amines is 1. The molecule has 5 nitrogen and oxygen atoms in total.